The molecule has 1 aromatic carbocycles. The Morgan fingerprint density at radius 1 is 1.37 bits per heavy atom. The summed E-state index contributed by atoms with van der Waals surface area (Å²) in [6.45, 7) is 7.89. The van der Waals surface area contributed by atoms with Gasteiger partial charge in [-0.05, 0) is 44.9 Å². The molecule has 0 fully saturated rings. The lowest BCUT2D eigenvalue weighted by Crippen LogP contribution is -2.37. The Morgan fingerprint density at radius 2 is 1.95 bits per heavy atom. The first-order valence-corrected chi connectivity index (χ1v) is 6.29. The van der Waals surface area contributed by atoms with Crippen molar-refractivity contribution in [3.8, 4) is 5.75 Å². The molecular formula is C15H23NO3. The average molecular weight is 265 g/mol. The van der Waals surface area contributed by atoms with Crippen molar-refractivity contribution in [1.29, 1.82) is 0 Å². The molecule has 0 radical (unpaired) electrons. The third kappa shape index (κ3) is 3.40. The van der Waals surface area contributed by atoms with Crippen molar-refractivity contribution < 1.29 is 14.6 Å². The fraction of sp³-hybridized carbons (Fsp3) is 0.533. The summed E-state index contributed by atoms with van der Waals surface area (Å²) in [6.07, 6.45) is 0. The van der Waals surface area contributed by atoms with Gasteiger partial charge in [-0.1, -0.05) is 6.07 Å². The van der Waals surface area contributed by atoms with Gasteiger partial charge in [0.05, 0.1) is 18.2 Å². The second kappa shape index (κ2) is 5.51. The van der Waals surface area contributed by atoms with E-state index in [2.05, 4.69) is 6.07 Å². The van der Waals surface area contributed by atoms with E-state index in [-0.39, 0.29) is 0 Å². The number of carbonyl (C=O) groups is 1. The van der Waals surface area contributed by atoms with Crippen molar-refractivity contribution in [1.82, 2.24) is 0 Å². The Hall–Kier alpha value is -1.71. The van der Waals surface area contributed by atoms with E-state index < -0.39 is 11.4 Å². The highest BCUT2D eigenvalue weighted by molar-refractivity contribution is 5.75. The van der Waals surface area contributed by atoms with Crippen molar-refractivity contribution >= 4 is 11.7 Å². The summed E-state index contributed by atoms with van der Waals surface area (Å²) >= 11 is 0. The molecule has 1 rings (SSSR count). The lowest BCUT2D eigenvalue weighted by molar-refractivity contribution is -0.146. The van der Waals surface area contributed by atoms with Crippen LogP contribution in [0, 0.1) is 19.3 Å². The van der Waals surface area contributed by atoms with Gasteiger partial charge in [0, 0.05) is 13.6 Å². The van der Waals surface area contributed by atoms with Crippen LogP contribution >= 0.6 is 0 Å². The number of rotatable bonds is 5. The van der Waals surface area contributed by atoms with Gasteiger partial charge in [-0.15, -0.1) is 0 Å². The van der Waals surface area contributed by atoms with E-state index >= 15 is 0 Å². The number of aryl methyl sites for hydroxylation is 2. The Morgan fingerprint density at radius 3 is 2.42 bits per heavy atom. The van der Waals surface area contributed by atoms with Gasteiger partial charge >= 0.3 is 5.97 Å². The topological polar surface area (TPSA) is 49.8 Å². The molecule has 4 heteroatoms. The molecule has 1 aromatic rings. The molecule has 106 valence electrons. The summed E-state index contributed by atoms with van der Waals surface area (Å²) < 4.78 is 5.41. The number of carboxylic acid groups (broad SMARTS) is 1. The summed E-state index contributed by atoms with van der Waals surface area (Å²) in [6, 6.07) is 4.04. The standard InChI is InChI=1S/C15H23NO3/c1-10-7-11(2)13(12(8-10)19-6)16(5)9-15(3,4)14(17)18/h7-8H,9H2,1-6H3,(H,17,18). The zero-order valence-electron chi connectivity index (χ0n) is 12.6. The lowest BCUT2D eigenvalue weighted by atomic mass is 9.92. The van der Waals surface area contributed by atoms with Gasteiger partial charge in [-0.3, -0.25) is 4.79 Å². The largest absolute Gasteiger partial charge is 0.495 e. The van der Waals surface area contributed by atoms with E-state index in [9.17, 15) is 9.90 Å². The monoisotopic (exact) mass is 265 g/mol. The minimum absolute atomic E-state index is 0.419. The van der Waals surface area contributed by atoms with Gasteiger partial charge in [0.25, 0.3) is 0 Å². The number of carboxylic acids is 1. The van der Waals surface area contributed by atoms with Crippen LogP contribution in [0.15, 0.2) is 12.1 Å². The van der Waals surface area contributed by atoms with Gasteiger partial charge in [0.1, 0.15) is 5.75 Å². The van der Waals surface area contributed by atoms with Crippen LogP contribution in [0.4, 0.5) is 5.69 Å². The van der Waals surface area contributed by atoms with Crippen LogP contribution in [0.5, 0.6) is 5.75 Å². The van der Waals surface area contributed by atoms with Crippen LogP contribution in [0.2, 0.25) is 0 Å². The number of hydrogen-bond donors (Lipinski definition) is 1. The number of benzene rings is 1. The van der Waals surface area contributed by atoms with E-state index in [0.29, 0.717) is 6.54 Å². The Kier molecular flexibility index (Phi) is 4.45. The maximum absolute atomic E-state index is 11.2. The highest BCUT2D eigenvalue weighted by Gasteiger charge is 2.30. The molecule has 0 aliphatic rings. The van der Waals surface area contributed by atoms with Gasteiger partial charge in [-0.25, -0.2) is 0 Å². The highest BCUT2D eigenvalue weighted by atomic mass is 16.5. The van der Waals surface area contributed by atoms with Gasteiger partial charge in [-0.2, -0.15) is 0 Å². The first-order valence-electron chi connectivity index (χ1n) is 6.29. The molecule has 0 saturated carbocycles. The number of aliphatic carboxylic acids is 1. The van der Waals surface area contributed by atoms with E-state index in [4.69, 9.17) is 4.74 Å². The summed E-state index contributed by atoms with van der Waals surface area (Å²) in [5, 5.41) is 9.22. The molecule has 0 aliphatic carbocycles. The number of anilines is 1. The molecule has 4 nitrogen and oxygen atoms in total. The van der Waals surface area contributed by atoms with Crippen molar-refractivity contribution in [2.24, 2.45) is 5.41 Å². The highest BCUT2D eigenvalue weighted by Crippen LogP contribution is 2.34. The van der Waals surface area contributed by atoms with Gasteiger partial charge in [0.2, 0.25) is 0 Å². The van der Waals surface area contributed by atoms with Crippen LogP contribution < -0.4 is 9.64 Å². The number of nitrogens with zero attached hydrogens (tertiary/aromatic N) is 1. The third-order valence-corrected chi connectivity index (χ3v) is 3.22. The molecule has 0 spiro atoms. The number of methoxy groups -OCH3 is 1. The Labute approximate surface area is 115 Å². The summed E-state index contributed by atoms with van der Waals surface area (Å²) in [5.74, 6) is -0.0238. The molecule has 1 N–H and O–H groups in total. The van der Waals surface area contributed by atoms with Crippen LogP contribution in [0.3, 0.4) is 0 Å². The maximum Gasteiger partial charge on any atom is 0.310 e. The van der Waals surface area contributed by atoms with Crippen LogP contribution in [0.25, 0.3) is 0 Å². The molecule has 0 amide bonds. The quantitative estimate of drug-likeness (QED) is 0.889. The number of ether oxygens (including phenoxy) is 1. The van der Waals surface area contributed by atoms with E-state index in [0.717, 1.165) is 22.6 Å². The Bertz CT molecular complexity index is 481. The first kappa shape index (κ1) is 15.3. The maximum atomic E-state index is 11.2. The van der Waals surface area contributed by atoms with E-state index in [1.165, 1.54) is 0 Å². The normalized spacial score (nSPS) is 11.3. The van der Waals surface area contributed by atoms with Crippen molar-refractivity contribution in [3.63, 3.8) is 0 Å². The molecule has 0 unspecified atom stereocenters. The SMILES string of the molecule is COc1cc(C)cc(C)c1N(C)CC(C)(C)C(=O)O. The summed E-state index contributed by atoms with van der Waals surface area (Å²) in [7, 11) is 3.53. The lowest BCUT2D eigenvalue weighted by Gasteiger charge is -2.30. The minimum atomic E-state index is -0.808. The predicted molar refractivity (Wildman–Crippen MR) is 77.2 cm³/mol. The van der Waals surface area contributed by atoms with E-state index in [1.54, 1.807) is 21.0 Å². The van der Waals surface area contributed by atoms with E-state index in [1.807, 2.05) is 31.9 Å². The molecule has 0 aliphatic heterocycles. The summed E-state index contributed by atoms with van der Waals surface area (Å²) in [5.41, 5.74) is 2.35. The summed E-state index contributed by atoms with van der Waals surface area (Å²) in [4.78, 5) is 13.2. The Balaban J connectivity index is 3.13. The van der Waals surface area contributed by atoms with Gasteiger partial charge < -0.3 is 14.7 Å². The molecule has 0 heterocycles. The van der Waals surface area contributed by atoms with Crippen molar-refractivity contribution in [2.45, 2.75) is 27.7 Å². The second-order valence-electron chi connectivity index (χ2n) is 5.68. The van der Waals surface area contributed by atoms with Crippen molar-refractivity contribution in [2.75, 3.05) is 25.6 Å². The molecule has 0 aromatic heterocycles. The minimum Gasteiger partial charge on any atom is -0.495 e. The molecule has 19 heavy (non-hydrogen) atoms. The van der Waals surface area contributed by atoms with Gasteiger partial charge in [0.15, 0.2) is 0 Å². The number of hydrogen-bond acceptors (Lipinski definition) is 3. The van der Waals surface area contributed by atoms with Crippen LogP contribution in [-0.2, 0) is 4.79 Å². The zero-order valence-corrected chi connectivity index (χ0v) is 12.6. The third-order valence-electron chi connectivity index (χ3n) is 3.22. The van der Waals surface area contributed by atoms with Crippen LogP contribution in [-0.4, -0.2) is 31.8 Å². The molecule has 0 atom stereocenters. The first-order chi connectivity index (χ1) is 8.69. The molecule has 0 saturated heterocycles. The van der Waals surface area contributed by atoms with Crippen molar-refractivity contribution in [3.05, 3.63) is 23.3 Å². The zero-order chi connectivity index (χ0) is 14.8. The predicted octanol–water partition coefficient (Wildman–Crippen LogP) is 2.86. The fourth-order valence-corrected chi connectivity index (χ4v) is 2.31. The smallest absolute Gasteiger partial charge is 0.310 e. The second-order valence-corrected chi connectivity index (χ2v) is 5.68. The molecular weight excluding hydrogens is 242 g/mol. The fourth-order valence-electron chi connectivity index (χ4n) is 2.31. The van der Waals surface area contributed by atoms with Crippen LogP contribution in [0.1, 0.15) is 25.0 Å². The molecule has 0 bridgehead atoms. The average Bonchev–Trinajstić information content (AvgIpc) is 2.26.